The van der Waals surface area contributed by atoms with Crippen molar-refractivity contribution in [2.45, 2.75) is 18.9 Å². The third-order valence-corrected chi connectivity index (χ3v) is 3.78. The highest BCUT2D eigenvalue weighted by atomic mass is 16.2. The summed E-state index contributed by atoms with van der Waals surface area (Å²) in [6.07, 6.45) is 1.57. The minimum atomic E-state index is -1.15. The van der Waals surface area contributed by atoms with Crippen LogP contribution in [0.15, 0.2) is 30.6 Å². The van der Waals surface area contributed by atoms with E-state index in [1.165, 1.54) is 11.0 Å². The molecule has 0 unspecified atom stereocenters. The van der Waals surface area contributed by atoms with Crippen LogP contribution in [0.3, 0.4) is 0 Å². The second-order valence-electron chi connectivity index (χ2n) is 5.22. The second kappa shape index (κ2) is 5.49. The number of carbonyl (C=O) groups is 2. The number of nitrogens with one attached hydrogen (secondary N) is 1. The number of aromatic nitrogens is 4. The van der Waals surface area contributed by atoms with Gasteiger partial charge in [0.25, 0.3) is 5.91 Å². The molecule has 1 N–H and O–H groups in total. The minimum absolute atomic E-state index is 0.0828. The molecule has 0 bridgehead atoms. The molecular weight excluding hydrogens is 298 g/mol. The summed E-state index contributed by atoms with van der Waals surface area (Å²) in [5.74, 6) is -0.368. The maximum absolute atomic E-state index is 12.6. The number of tetrazole rings is 1. The summed E-state index contributed by atoms with van der Waals surface area (Å²) in [5.41, 5.74) is 0.235. The molecule has 1 aromatic carbocycles. The molecule has 2 heterocycles. The normalized spacial score (nSPS) is 20.4. The van der Waals surface area contributed by atoms with Crippen molar-refractivity contribution in [2.24, 2.45) is 0 Å². The number of hydrogen-bond donors (Lipinski definition) is 1. The van der Waals surface area contributed by atoms with E-state index in [2.05, 4.69) is 20.8 Å². The molecule has 1 saturated heterocycles. The molecule has 1 aliphatic heterocycles. The van der Waals surface area contributed by atoms with Crippen molar-refractivity contribution >= 4 is 11.9 Å². The fraction of sp³-hybridized carbons (Fsp3) is 0.286. The number of nitriles is 1. The van der Waals surface area contributed by atoms with Crippen molar-refractivity contribution in [1.29, 1.82) is 5.26 Å². The summed E-state index contributed by atoms with van der Waals surface area (Å²) in [6.45, 7) is 1.73. The smallest absolute Gasteiger partial charge is 0.319 e. The molecule has 1 atom stereocenters. The first kappa shape index (κ1) is 14.6. The molecule has 0 spiro atoms. The molecule has 9 heteroatoms. The highest BCUT2D eigenvalue weighted by molar-refractivity contribution is 6.07. The van der Waals surface area contributed by atoms with Crippen molar-refractivity contribution < 1.29 is 9.59 Å². The lowest BCUT2D eigenvalue weighted by molar-refractivity contribution is -0.131. The van der Waals surface area contributed by atoms with E-state index in [0.717, 1.165) is 10.6 Å². The van der Waals surface area contributed by atoms with Crippen LogP contribution < -0.4 is 5.32 Å². The molecule has 0 aliphatic carbocycles. The first-order chi connectivity index (χ1) is 11.1. The molecule has 1 aromatic heterocycles. The van der Waals surface area contributed by atoms with Gasteiger partial charge in [0, 0.05) is 6.54 Å². The lowest BCUT2D eigenvalue weighted by Crippen LogP contribution is -2.41. The SMILES string of the molecule is C[C@@]1(c2ccc(-n3cnnn3)cc2)NC(=O)N(CCC#N)C1=O. The summed E-state index contributed by atoms with van der Waals surface area (Å²) in [6, 6.07) is 8.44. The van der Waals surface area contributed by atoms with Gasteiger partial charge in [0.05, 0.1) is 18.2 Å². The Morgan fingerprint density at radius 1 is 1.30 bits per heavy atom. The van der Waals surface area contributed by atoms with Crippen molar-refractivity contribution in [1.82, 2.24) is 30.4 Å². The molecule has 3 amide bonds. The molecule has 23 heavy (non-hydrogen) atoms. The number of imide groups is 1. The lowest BCUT2D eigenvalue weighted by Gasteiger charge is -2.22. The van der Waals surface area contributed by atoms with Gasteiger partial charge >= 0.3 is 6.03 Å². The van der Waals surface area contributed by atoms with Gasteiger partial charge in [0.15, 0.2) is 0 Å². The van der Waals surface area contributed by atoms with Gasteiger partial charge in [-0.15, -0.1) is 5.10 Å². The number of rotatable bonds is 4. The average molecular weight is 311 g/mol. The number of nitrogens with zero attached hydrogens (tertiary/aromatic N) is 6. The molecule has 1 aliphatic rings. The van der Waals surface area contributed by atoms with Crippen LogP contribution in [-0.4, -0.2) is 43.6 Å². The summed E-state index contributed by atoms with van der Waals surface area (Å²) in [5, 5.41) is 22.2. The number of urea groups is 1. The first-order valence-electron chi connectivity index (χ1n) is 6.91. The Morgan fingerprint density at radius 2 is 2.04 bits per heavy atom. The highest BCUT2D eigenvalue weighted by Crippen LogP contribution is 2.29. The van der Waals surface area contributed by atoms with Gasteiger partial charge in [-0.3, -0.25) is 9.69 Å². The molecule has 0 saturated carbocycles. The molecular formula is C14H13N7O2. The third kappa shape index (κ3) is 2.40. The first-order valence-corrected chi connectivity index (χ1v) is 6.91. The largest absolute Gasteiger partial charge is 0.325 e. The molecule has 116 valence electrons. The lowest BCUT2D eigenvalue weighted by atomic mass is 9.92. The zero-order chi connectivity index (χ0) is 16.4. The van der Waals surface area contributed by atoms with Gasteiger partial charge in [0.2, 0.25) is 0 Å². The van der Waals surface area contributed by atoms with Crippen LogP contribution in [0.25, 0.3) is 5.69 Å². The quantitative estimate of drug-likeness (QED) is 0.814. The molecule has 2 aromatic rings. The van der Waals surface area contributed by atoms with E-state index in [-0.39, 0.29) is 18.9 Å². The van der Waals surface area contributed by atoms with Crippen LogP contribution in [0.2, 0.25) is 0 Å². The number of carbonyl (C=O) groups excluding carboxylic acids is 2. The predicted molar refractivity (Wildman–Crippen MR) is 77.0 cm³/mol. The Hall–Kier alpha value is -3.28. The van der Waals surface area contributed by atoms with Crippen LogP contribution in [-0.2, 0) is 10.3 Å². The Balaban J connectivity index is 1.87. The maximum atomic E-state index is 12.6. The Kier molecular flexibility index (Phi) is 3.50. The Bertz CT molecular complexity index is 778. The number of amides is 3. The van der Waals surface area contributed by atoms with Crippen LogP contribution in [0.5, 0.6) is 0 Å². The maximum Gasteiger partial charge on any atom is 0.325 e. The summed E-state index contributed by atoms with van der Waals surface area (Å²) < 4.78 is 1.49. The zero-order valence-corrected chi connectivity index (χ0v) is 12.3. The molecule has 0 radical (unpaired) electrons. The molecule has 3 rings (SSSR count). The van der Waals surface area contributed by atoms with Gasteiger partial charge in [-0.25, -0.2) is 9.48 Å². The fourth-order valence-electron chi connectivity index (χ4n) is 2.48. The van der Waals surface area contributed by atoms with E-state index in [0.29, 0.717) is 5.56 Å². The van der Waals surface area contributed by atoms with Crippen LogP contribution >= 0.6 is 0 Å². The second-order valence-corrected chi connectivity index (χ2v) is 5.22. The van der Waals surface area contributed by atoms with Crippen LogP contribution in [0, 0.1) is 11.3 Å². The Labute approximate surface area is 131 Å². The summed E-state index contributed by atoms with van der Waals surface area (Å²) in [7, 11) is 0. The minimum Gasteiger partial charge on any atom is -0.319 e. The van der Waals surface area contributed by atoms with E-state index >= 15 is 0 Å². The zero-order valence-electron chi connectivity index (χ0n) is 12.3. The van der Waals surface area contributed by atoms with E-state index in [1.54, 1.807) is 31.2 Å². The van der Waals surface area contributed by atoms with Gasteiger partial charge in [0.1, 0.15) is 11.9 Å². The van der Waals surface area contributed by atoms with Gasteiger partial charge in [-0.2, -0.15) is 5.26 Å². The van der Waals surface area contributed by atoms with Gasteiger partial charge in [-0.1, -0.05) is 12.1 Å². The number of hydrogen-bond acceptors (Lipinski definition) is 6. The van der Waals surface area contributed by atoms with E-state index in [4.69, 9.17) is 5.26 Å². The Morgan fingerprint density at radius 3 is 2.65 bits per heavy atom. The highest BCUT2D eigenvalue weighted by Gasteiger charge is 2.48. The molecule has 1 fully saturated rings. The van der Waals surface area contributed by atoms with Gasteiger partial charge < -0.3 is 5.32 Å². The van der Waals surface area contributed by atoms with Crippen molar-refractivity contribution in [3.05, 3.63) is 36.2 Å². The van der Waals surface area contributed by atoms with E-state index < -0.39 is 11.6 Å². The third-order valence-electron chi connectivity index (χ3n) is 3.78. The van der Waals surface area contributed by atoms with Crippen LogP contribution in [0.4, 0.5) is 4.79 Å². The summed E-state index contributed by atoms with van der Waals surface area (Å²) in [4.78, 5) is 25.6. The van der Waals surface area contributed by atoms with Gasteiger partial charge in [-0.05, 0) is 35.0 Å². The standard InChI is InChI=1S/C14H13N7O2/c1-14(12(22)20(8-2-7-15)13(23)17-14)10-3-5-11(6-4-10)21-9-16-18-19-21/h3-6,9H,2,8H2,1H3,(H,17,23)/t14-/m0/s1. The van der Waals surface area contributed by atoms with E-state index in [1.807, 2.05) is 6.07 Å². The van der Waals surface area contributed by atoms with E-state index in [9.17, 15) is 9.59 Å². The monoisotopic (exact) mass is 311 g/mol. The van der Waals surface area contributed by atoms with Crippen molar-refractivity contribution in [3.8, 4) is 11.8 Å². The fourth-order valence-corrected chi connectivity index (χ4v) is 2.48. The van der Waals surface area contributed by atoms with Crippen molar-refractivity contribution in [3.63, 3.8) is 0 Å². The van der Waals surface area contributed by atoms with Crippen molar-refractivity contribution in [2.75, 3.05) is 6.54 Å². The predicted octanol–water partition coefficient (Wildman–Crippen LogP) is 0.343. The average Bonchev–Trinajstić information content (AvgIpc) is 3.15. The topological polar surface area (TPSA) is 117 Å². The van der Waals surface area contributed by atoms with Crippen LogP contribution in [0.1, 0.15) is 18.9 Å². The molecule has 9 nitrogen and oxygen atoms in total. The summed E-state index contributed by atoms with van der Waals surface area (Å²) >= 11 is 0. The number of benzene rings is 1.